The monoisotopic (exact) mass is 304 g/mol. The minimum Gasteiger partial charge on any atom is -0.360 e. The number of anilines is 1. The van der Waals surface area contributed by atoms with Crippen LogP contribution in [-0.2, 0) is 19.4 Å². The van der Waals surface area contributed by atoms with Crippen molar-refractivity contribution in [1.82, 2.24) is 14.8 Å². The summed E-state index contributed by atoms with van der Waals surface area (Å²) in [5.41, 5.74) is 3.31. The van der Waals surface area contributed by atoms with Gasteiger partial charge in [0.1, 0.15) is 0 Å². The highest BCUT2D eigenvalue weighted by Crippen LogP contribution is 2.28. The van der Waals surface area contributed by atoms with E-state index in [1.165, 1.54) is 22.6 Å². The number of aryl methyl sites for hydroxylation is 1. The lowest BCUT2D eigenvalue weighted by atomic mass is 10.1. The average molecular weight is 304 g/mol. The Labute approximate surface area is 128 Å². The zero-order valence-electron chi connectivity index (χ0n) is 12.5. The summed E-state index contributed by atoms with van der Waals surface area (Å²) in [7, 11) is 0. The molecule has 0 unspecified atom stereocenters. The predicted molar refractivity (Wildman–Crippen MR) is 86.1 cm³/mol. The van der Waals surface area contributed by atoms with Crippen molar-refractivity contribution >= 4 is 16.5 Å². The third-order valence-corrected chi connectivity index (χ3v) is 4.70. The number of hydrogen-bond donors (Lipinski definition) is 1. The van der Waals surface area contributed by atoms with E-state index in [2.05, 4.69) is 22.4 Å². The molecule has 2 heterocycles. The molecule has 112 valence electrons. The standard InChI is InChI=1S/C15H20N4OS/c1-3-8-19-12-7-5-6-10(12)9-11(14(19)20)13-17-18-15(21-13)16-4-2/h9H,3-8H2,1-2H3,(H,16,18). The third-order valence-electron chi connectivity index (χ3n) is 3.78. The second kappa shape index (κ2) is 5.97. The topological polar surface area (TPSA) is 59.8 Å². The van der Waals surface area contributed by atoms with Gasteiger partial charge in [-0.25, -0.2) is 0 Å². The lowest BCUT2D eigenvalue weighted by molar-refractivity contribution is 0.625. The molecule has 2 aromatic rings. The number of aromatic nitrogens is 3. The van der Waals surface area contributed by atoms with E-state index < -0.39 is 0 Å². The van der Waals surface area contributed by atoms with E-state index in [0.29, 0.717) is 5.56 Å². The molecule has 0 aliphatic heterocycles. The Kier molecular flexibility index (Phi) is 4.05. The normalized spacial score (nSPS) is 13.4. The molecule has 0 amide bonds. The smallest absolute Gasteiger partial charge is 0.261 e. The van der Waals surface area contributed by atoms with Crippen molar-refractivity contribution in [2.24, 2.45) is 0 Å². The molecular formula is C15H20N4OS. The Bertz CT molecular complexity index is 704. The van der Waals surface area contributed by atoms with Crippen LogP contribution in [0.5, 0.6) is 0 Å². The van der Waals surface area contributed by atoms with Crippen LogP contribution in [-0.4, -0.2) is 21.3 Å². The molecule has 1 aliphatic rings. The van der Waals surface area contributed by atoms with Crippen LogP contribution in [0.1, 0.15) is 37.9 Å². The van der Waals surface area contributed by atoms with E-state index in [-0.39, 0.29) is 5.56 Å². The Balaban J connectivity index is 2.09. The van der Waals surface area contributed by atoms with Gasteiger partial charge in [-0.3, -0.25) is 4.79 Å². The van der Waals surface area contributed by atoms with Crippen LogP contribution < -0.4 is 10.9 Å². The molecule has 6 heteroatoms. The van der Waals surface area contributed by atoms with Crippen LogP contribution in [0.25, 0.3) is 10.6 Å². The van der Waals surface area contributed by atoms with Crippen molar-refractivity contribution in [1.29, 1.82) is 0 Å². The van der Waals surface area contributed by atoms with Crippen LogP contribution in [0.15, 0.2) is 10.9 Å². The first kappa shape index (κ1) is 14.3. The lowest BCUT2D eigenvalue weighted by Crippen LogP contribution is -2.25. The molecular weight excluding hydrogens is 284 g/mol. The molecule has 0 saturated heterocycles. The molecule has 0 radical (unpaired) electrons. The number of hydrogen-bond acceptors (Lipinski definition) is 5. The SMILES string of the molecule is CCCn1c2c(cc(-c3nnc(NCC)s3)c1=O)CCC2. The summed E-state index contributed by atoms with van der Waals surface area (Å²) >= 11 is 1.45. The number of fused-ring (bicyclic) bond motifs is 1. The zero-order chi connectivity index (χ0) is 14.8. The van der Waals surface area contributed by atoms with Crippen LogP contribution in [0.4, 0.5) is 5.13 Å². The van der Waals surface area contributed by atoms with Gasteiger partial charge in [0.05, 0.1) is 5.56 Å². The molecule has 0 fully saturated rings. The summed E-state index contributed by atoms with van der Waals surface area (Å²) in [6.07, 6.45) is 4.18. The molecule has 0 aromatic carbocycles. The first-order valence-electron chi connectivity index (χ1n) is 7.58. The molecule has 0 saturated carbocycles. The highest BCUT2D eigenvalue weighted by Gasteiger charge is 2.21. The summed E-state index contributed by atoms with van der Waals surface area (Å²) in [5.74, 6) is 0. The van der Waals surface area contributed by atoms with Crippen LogP contribution in [0.3, 0.4) is 0 Å². The number of rotatable bonds is 5. The molecule has 0 atom stereocenters. The van der Waals surface area contributed by atoms with Crippen molar-refractivity contribution in [3.8, 4) is 10.6 Å². The fourth-order valence-corrected chi connectivity index (χ4v) is 3.71. The van der Waals surface area contributed by atoms with Crippen molar-refractivity contribution in [2.45, 2.75) is 46.1 Å². The van der Waals surface area contributed by atoms with Gasteiger partial charge in [-0.2, -0.15) is 0 Å². The van der Waals surface area contributed by atoms with E-state index in [9.17, 15) is 4.79 Å². The zero-order valence-corrected chi connectivity index (χ0v) is 13.3. The molecule has 1 N–H and O–H groups in total. The number of pyridine rings is 1. The van der Waals surface area contributed by atoms with Crippen LogP contribution in [0, 0.1) is 0 Å². The second-order valence-electron chi connectivity index (χ2n) is 5.28. The Morgan fingerprint density at radius 3 is 2.95 bits per heavy atom. The Morgan fingerprint density at radius 1 is 1.33 bits per heavy atom. The molecule has 5 nitrogen and oxygen atoms in total. The van der Waals surface area contributed by atoms with Gasteiger partial charge in [0.25, 0.3) is 5.56 Å². The maximum absolute atomic E-state index is 12.8. The summed E-state index contributed by atoms with van der Waals surface area (Å²) in [6.45, 7) is 5.71. The molecule has 1 aliphatic carbocycles. The van der Waals surface area contributed by atoms with E-state index in [1.807, 2.05) is 17.6 Å². The quantitative estimate of drug-likeness (QED) is 0.922. The Morgan fingerprint density at radius 2 is 2.19 bits per heavy atom. The van der Waals surface area contributed by atoms with Gasteiger partial charge in [0.2, 0.25) is 5.13 Å². The van der Waals surface area contributed by atoms with Crippen LogP contribution in [0.2, 0.25) is 0 Å². The van der Waals surface area contributed by atoms with Gasteiger partial charge >= 0.3 is 0 Å². The molecule has 3 rings (SSSR count). The van der Waals surface area contributed by atoms with Gasteiger partial charge in [0, 0.05) is 18.8 Å². The first-order chi connectivity index (χ1) is 10.2. The van der Waals surface area contributed by atoms with Crippen molar-refractivity contribution in [3.05, 3.63) is 27.7 Å². The van der Waals surface area contributed by atoms with Crippen molar-refractivity contribution in [2.75, 3.05) is 11.9 Å². The van der Waals surface area contributed by atoms with E-state index in [1.54, 1.807) is 0 Å². The third kappa shape index (κ3) is 2.60. The minimum atomic E-state index is 0.0803. The van der Waals surface area contributed by atoms with Gasteiger partial charge < -0.3 is 9.88 Å². The Hall–Kier alpha value is -1.69. The molecule has 0 spiro atoms. The lowest BCUT2D eigenvalue weighted by Gasteiger charge is -2.12. The predicted octanol–water partition coefficient (Wildman–Crippen LogP) is 2.70. The fraction of sp³-hybridized carbons (Fsp3) is 0.533. The van der Waals surface area contributed by atoms with Crippen LogP contribution >= 0.6 is 11.3 Å². The fourth-order valence-electron chi connectivity index (χ4n) is 2.89. The van der Waals surface area contributed by atoms with Gasteiger partial charge in [-0.15, -0.1) is 10.2 Å². The summed E-state index contributed by atoms with van der Waals surface area (Å²) in [6, 6.07) is 2.03. The highest BCUT2D eigenvalue weighted by molar-refractivity contribution is 7.18. The average Bonchev–Trinajstić information content (AvgIpc) is 3.11. The highest BCUT2D eigenvalue weighted by atomic mass is 32.1. The first-order valence-corrected chi connectivity index (χ1v) is 8.39. The minimum absolute atomic E-state index is 0.0803. The van der Waals surface area contributed by atoms with Gasteiger partial charge in [-0.1, -0.05) is 18.3 Å². The number of nitrogens with zero attached hydrogens (tertiary/aromatic N) is 3. The van der Waals surface area contributed by atoms with E-state index >= 15 is 0 Å². The molecule has 0 bridgehead atoms. The van der Waals surface area contributed by atoms with Crippen molar-refractivity contribution < 1.29 is 0 Å². The summed E-state index contributed by atoms with van der Waals surface area (Å²) < 4.78 is 1.95. The summed E-state index contributed by atoms with van der Waals surface area (Å²) in [4.78, 5) is 12.8. The van der Waals surface area contributed by atoms with Crippen molar-refractivity contribution in [3.63, 3.8) is 0 Å². The summed E-state index contributed by atoms with van der Waals surface area (Å²) in [5, 5.41) is 12.9. The second-order valence-corrected chi connectivity index (χ2v) is 6.26. The maximum atomic E-state index is 12.8. The molecule has 2 aromatic heterocycles. The van der Waals surface area contributed by atoms with Gasteiger partial charge in [0.15, 0.2) is 5.01 Å². The molecule has 21 heavy (non-hydrogen) atoms. The largest absolute Gasteiger partial charge is 0.360 e. The maximum Gasteiger partial charge on any atom is 0.261 e. The number of nitrogens with one attached hydrogen (secondary N) is 1. The van der Waals surface area contributed by atoms with E-state index in [0.717, 1.165) is 48.9 Å². The van der Waals surface area contributed by atoms with Gasteiger partial charge in [-0.05, 0) is 44.2 Å². The van der Waals surface area contributed by atoms with E-state index in [4.69, 9.17) is 0 Å².